The van der Waals surface area contributed by atoms with Gasteiger partial charge in [0.1, 0.15) is 5.75 Å². The Balaban J connectivity index is 3.18. The molecule has 0 fully saturated rings. The molecule has 1 aromatic carbocycles. The minimum atomic E-state index is -0.920. The van der Waals surface area contributed by atoms with Crippen LogP contribution in [0.2, 0.25) is 0 Å². The molecule has 19 heavy (non-hydrogen) atoms. The van der Waals surface area contributed by atoms with Gasteiger partial charge in [-0.15, -0.1) is 0 Å². The molecule has 0 heterocycles. The molecule has 0 saturated carbocycles. The molecule has 1 N–H and O–H groups in total. The fourth-order valence-corrected chi connectivity index (χ4v) is 1.96. The summed E-state index contributed by atoms with van der Waals surface area (Å²) in [5.74, 6) is -0.323. The lowest BCUT2D eigenvalue weighted by atomic mass is 9.86. The molecular weight excluding hydrogens is 240 g/mol. The van der Waals surface area contributed by atoms with Crippen molar-refractivity contribution in [1.82, 2.24) is 0 Å². The standard InChI is InChI=1S/C16H24O3/c1-10(2)14(15(17)18)19-13-9-11(3)7-8-12(13)16(4,5)6/h7-10,14H,1-6H3,(H,17,18). The van der Waals surface area contributed by atoms with Gasteiger partial charge in [0.2, 0.25) is 0 Å². The highest BCUT2D eigenvalue weighted by atomic mass is 16.5. The van der Waals surface area contributed by atoms with Gasteiger partial charge in [0.05, 0.1) is 0 Å². The van der Waals surface area contributed by atoms with Crippen LogP contribution < -0.4 is 4.74 Å². The predicted molar refractivity (Wildman–Crippen MR) is 76.8 cm³/mol. The second kappa shape index (κ2) is 5.64. The van der Waals surface area contributed by atoms with Gasteiger partial charge in [0.15, 0.2) is 6.10 Å². The van der Waals surface area contributed by atoms with E-state index < -0.39 is 12.1 Å². The normalized spacial score (nSPS) is 13.4. The Hall–Kier alpha value is -1.51. The maximum atomic E-state index is 11.3. The van der Waals surface area contributed by atoms with Crippen LogP contribution in [0.1, 0.15) is 45.7 Å². The van der Waals surface area contributed by atoms with Crippen LogP contribution in [0.4, 0.5) is 0 Å². The average molecular weight is 264 g/mol. The number of aliphatic carboxylic acids is 1. The van der Waals surface area contributed by atoms with Crippen LogP contribution in [0.3, 0.4) is 0 Å². The van der Waals surface area contributed by atoms with Crippen molar-refractivity contribution in [2.24, 2.45) is 5.92 Å². The van der Waals surface area contributed by atoms with Gasteiger partial charge in [-0.2, -0.15) is 0 Å². The Morgan fingerprint density at radius 2 is 1.84 bits per heavy atom. The predicted octanol–water partition coefficient (Wildman–Crippen LogP) is 3.78. The molecule has 1 atom stereocenters. The number of carboxylic acids is 1. The Morgan fingerprint density at radius 3 is 2.26 bits per heavy atom. The van der Waals surface area contributed by atoms with Crippen LogP contribution in [0.5, 0.6) is 5.75 Å². The van der Waals surface area contributed by atoms with Gasteiger partial charge < -0.3 is 9.84 Å². The molecule has 0 amide bonds. The van der Waals surface area contributed by atoms with Gasteiger partial charge >= 0.3 is 5.97 Å². The van der Waals surface area contributed by atoms with Crippen LogP contribution in [0, 0.1) is 12.8 Å². The van der Waals surface area contributed by atoms with Crippen LogP contribution >= 0.6 is 0 Å². The highest BCUT2D eigenvalue weighted by Gasteiger charge is 2.27. The Bertz CT molecular complexity index is 456. The Morgan fingerprint density at radius 1 is 1.26 bits per heavy atom. The minimum Gasteiger partial charge on any atom is -0.478 e. The third-order valence-electron chi connectivity index (χ3n) is 3.05. The molecule has 0 saturated heterocycles. The van der Waals surface area contributed by atoms with E-state index in [2.05, 4.69) is 20.8 Å². The number of ether oxygens (including phenoxy) is 1. The SMILES string of the molecule is Cc1ccc(C(C)(C)C)c(OC(C(=O)O)C(C)C)c1. The van der Waals surface area contributed by atoms with E-state index in [4.69, 9.17) is 4.74 Å². The zero-order chi connectivity index (χ0) is 14.8. The summed E-state index contributed by atoms with van der Waals surface area (Å²) in [6.07, 6.45) is -0.817. The molecule has 0 aromatic heterocycles. The summed E-state index contributed by atoms with van der Waals surface area (Å²) in [5, 5.41) is 9.24. The van der Waals surface area contributed by atoms with Gasteiger partial charge in [-0.25, -0.2) is 4.79 Å². The zero-order valence-corrected chi connectivity index (χ0v) is 12.7. The topological polar surface area (TPSA) is 46.5 Å². The maximum Gasteiger partial charge on any atom is 0.345 e. The van der Waals surface area contributed by atoms with E-state index in [9.17, 15) is 9.90 Å². The third kappa shape index (κ3) is 3.98. The lowest BCUT2D eigenvalue weighted by Crippen LogP contribution is -2.33. The first-order chi connectivity index (χ1) is 8.62. The van der Waals surface area contributed by atoms with E-state index in [1.54, 1.807) is 0 Å². The first-order valence-corrected chi connectivity index (χ1v) is 6.63. The van der Waals surface area contributed by atoms with Gasteiger partial charge in [-0.1, -0.05) is 46.8 Å². The highest BCUT2D eigenvalue weighted by Crippen LogP contribution is 2.33. The van der Waals surface area contributed by atoms with Crippen LogP contribution in [0.15, 0.2) is 18.2 Å². The summed E-state index contributed by atoms with van der Waals surface area (Å²) >= 11 is 0. The number of hydrogen-bond acceptors (Lipinski definition) is 2. The zero-order valence-electron chi connectivity index (χ0n) is 12.7. The second-order valence-electron chi connectivity index (χ2n) is 6.37. The molecule has 1 rings (SSSR count). The minimum absolute atomic E-state index is 0.0779. The molecule has 0 radical (unpaired) electrons. The van der Waals surface area contributed by atoms with E-state index >= 15 is 0 Å². The summed E-state index contributed by atoms with van der Waals surface area (Å²) < 4.78 is 5.78. The Labute approximate surface area is 115 Å². The number of aryl methyl sites for hydroxylation is 1. The molecule has 3 heteroatoms. The largest absolute Gasteiger partial charge is 0.478 e. The van der Waals surface area contributed by atoms with Crippen molar-refractivity contribution < 1.29 is 14.6 Å². The summed E-state index contributed by atoms with van der Waals surface area (Å²) in [7, 11) is 0. The van der Waals surface area contributed by atoms with Crippen LogP contribution in [0.25, 0.3) is 0 Å². The average Bonchev–Trinajstić information content (AvgIpc) is 2.23. The third-order valence-corrected chi connectivity index (χ3v) is 3.05. The quantitative estimate of drug-likeness (QED) is 0.900. The van der Waals surface area contributed by atoms with Crippen molar-refractivity contribution in [2.75, 3.05) is 0 Å². The van der Waals surface area contributed by atoms with E-state index in [0.717, 1.165) is 11.1 Å². The van der Waals surface area contributed by atoms with Gasteiger partial charge in [-0.05, 0) is 29.5 Å². The molecular formula is C16H24O3. The second-order valence-corrected chi connectivity index (χ2v) is 6.37. The Kier molecular flexibility index (Phi) is 4.61. The van der Waals surface area contributed by atoms with Crippen molar-refractivity contribution in [3.05, 3.63) is 29.3 Å². The van der Waals surface area contributed by atoms with E-state index in [0.29, 0.717) is 5.75 Å². The maximum absolute atomic E-state index is 11.3. The first-order valence-electron chi connectivity index (χ1n) is 6.63. The van der Waals surface area contributed by atoms with Crippen LogP contribution in [-0.2, 0) is 10.2 Å². The van der Waals surface area contributed by atoms with Crippen molar-refractivity contribution in [1.29, 1.82) is 0 Å². The fourth-order valence-electron chi connectivity index (χ4n) is 1.96. The number of hydrogen-bond donors (Lipinski definition) is 1. The fraction of sp³-hybridized carbons (Fsp3) is 0.562. The number of carbonyl (C=O) groups is 1. The molecule has 0 aliphatic carbocycles. The number of benzene rings is 1. The summed E-state index contributed by atoms with van der Waals surface area (Å²) in [4.78, 5) is 11.3. The molecule has 0 aliphatic rings. The van der Waals surface area contributed by atoms with E-state index in [1.807, 2.05) is 39.0 Å². The number of carboxylic acid groups (broad SMARTS) is 1. The summed E-state index contributed by atoms with van der Waals surface area (Å²) in [6.45, 7) is 12.0. The van der Waals surface area contributed by atoms with Gasteiger partial charge in [0, 0.05) is 5.92 Å². The van der Waals surface area contributed by atoms with E-state index in [1.165, 1.54) is 0 Å². The summed E-state index contributed by atoms with van der Waals surface area (Å²) in [5.41, 5.74) is 2.02. The first kappa shape index (κ1) is 15.5. The van der Waals surface area contributed by atoms with Crippen molar-refractivity contribution in [2.45, 2.75) is 53.1 Å². The van der Waals surface area contributed by atoms with Crippen molar-refractivity contribution in [3.63, 3.8) is 0 Å². The molecule has 3 nitrogen and oxygen atoms in total. The monoisotopic (exact) mass is 264 g/mol. The van der Waals surface area contributed by atoms with Crippen LogP contribution in [-0.4, -0.2) is 17.2 Å². The van der Waals surface area contributed by atoms with Crippen molar-refractivity contribution in [3.8, 4) is 5.75 Å². The smallest absolute Gasteiger partial charge is 0.345 e. The molecule has 106 valence electrons. The molecule has 0 bridgehead atoms. The molecule has 0 aliphatic heterocycles. The van der Waals surface area contributed by atoms with Crippen molar-refractivity contribution >= 4 is 5.97 Å². The van der Waals surface area contributed by atoms with Gasteiger partial charge in [-0.3, -0.25) is 0 Å². The lowest BCUT2D eigenvalue weighted by molar-refractivity contribution is -0.147. The highest BCUT2D eigenvalue weighted by molar-refractivity contribution is 5.73. The molecule has 1 unspecified atom stereocenters. The van der Waals surface area contributed by atoms with E-state index in [-0.39, 0.29) is 11.3 Å². The molecule has 0 spiro atoms. The summed E-state index contributed by atoms with van der Waals surface area (Å²) in [6, 6.07) is 5.96. The molecule has 1 aromatic rings. The van der Waals surface area contributed by atoms with Gasteiger partial charge in [0.25, 0.3) is 0 Å². The lowest BCUT2D eigenvalue weighted by Gasteiger charge is -2.26. The number of rotatable bonds is 4.